The van der Waals surface area contributed by atoms with Crippen molar-refractivity contribution in [2.75, 3.05) is 6.61 Å². The number of para-hydroxylation sites is 1. The first kappa shape index (κ1) is 19.2. The van der Waals surface area contributed by atoms with Gasteiger partial charge in [0.05, 0.1) is 17.7 Å². The molecular formula is C22H24N2O2S. The van der Waals surface area contributed by atoms with E-state index in [0.29, 0.717) is 12.2 Å². The quantitative estimate of drug-likeness (QED) is 0.603. The second-order valence-electron chi connectivity index (χ2n) is 6.31. The van der Waals surface area contributed by atoms with E-state index in [0.717, 1.165) is 33.0 Å². The molecular weight excluding hydrogens is 356 g/mol. The van der Waals surface area contributed by atoms with Gasteiger partial charge in [0.2, 0.25) is 0 Å². The molecule has 0 aliphatic heterocycles. The number of aromatic nitrogens is 1. The summed E-state index contributed by atoms with van der Waals surface area (Å²) in [6, 6.07) is 17.7. The van der Waals surface area contributed by atoms with Crippen LogP contribution >= 0.6 is 11.8 Å². The highest BCUT2D eigenvalue weighted by molar-refractivity contribution is 7.99. The van der Waals surface area contributed by atoms with Gasteiger partial charge in [-0.1, -0.05) is 36.9 Å². The molecule has 0 spiro atoms. The van der Waals surface area contributed by atoms with Crippen molar-refractivity contribution < 1.29 is 9.53 Å². The van der Waals surface area contributed by atoms with Crippen LogP contribution in [0.1, 0.15) is 37.6 Å². The Morgan fingerprint density at radius 3 is 2.59 bits per heavy atom. The number of carbonyl (C=O) groups is 1. The van der Waals surface area contributed by atoms with E-state index in [-0.39, 0.29) is 11.9 Å². The average molecular weight is 381 g/mol. The number of benzene rings is 2. The molecule has 3 aromatic rings. The van der Waals surface area contributed by atoms with Gasteiger partial charge < -0.3 is 10.1 Å². The van der Waals surface area contributed by atoms with E-state index in [1.54, 1.807) is 0 Å². The SMILES string of the molecule is CCOc1ccc(Sc2cc(C(=O)N[C@H](C)CC)c3ccccc3n2)cc1. The number of carbonyl (C=O) groups excluding carboxylic acids is 1. The van der Waals surface area contributed by atoms with Gasteiger partial charge >= 0.3 is 0 Å². The molecule has 0 bridgehead atoms. The maximum absolute atomic E-state index is 12.8. The Balaban J connectivity index is 1.92. The minimum Gasteiger partial charge on any atom is -0.494 e. The number of ether oxygens (including phenoxy) is 1. The van der Waals surface area contributed by atoms with Crippen LogP contribution in [-0.4, -0.2) is 23.5 Å². The third kappa shape index (κ3) is 4.80. The summed E-state index contributed by atoms with van der Waals surface area (Å²) >= 11 is 1.54. The number of rotatable bonds is 7. The van der Waals surface area contributed by atoms with Crippen LogP contribution in [0.5, 0.6) is 5.75 Å². The molecule has 27 heavy (non-hydrogen) atoms. The molecule has 0 saturated carbocycles. The lowest BCUT2D eigenvalue weighted by molar-refractivity contribution is 0.0940. The van der Waals surface area contributed by atoms with Crippen LogP contribution in [0.15, 0.2) is 64.5 Å². The number of nitrogens with zero attached hydrogens (tertiary/aromatic N) is 1. The zero-order chi connectivity index (χ0) is 19.2. The second kappa shape index (κ2) is 8.91. The third-order valence-corrected chi connectivity index (χ3v) is 5.21. The first-order chi connectivity index (χ1) is 13.1. The summed E-state index contributed by atoms with van der Waals surface area (Å²) < 4.78 is 5.49. The number of nitrogens with one attached hydrogen (secondary N) is 1. The predicted molar refractivity (Wildman–Crippen MR) is 111 cm³/mol. The van der Waals surface area contributed by atoms with Gasteiger partial charge in [0, 0.05) is 16.3 Å². The highest BCUT2D eigenvalue weighted by Gasteiger charge is 2.15. The minimum atomic E-state index is -0.0588. The summed E-state index contributed by atoms with van der Waals surface area (Å²) in [6.45, 7) is 6.68. The van der Waals surface area contributed by atoms with Crippen molar-refractivity contribution in [1.29, 1.82) is 0 Å². The number of amides is 1. The number of fused-ring (bicyclic) bond motifs is 1. The summed E-state index contributed by atoms with van der Waals surface area (Å²) in [5.41, 5.74) is 1.48. The van der Waals surface area contributed by atoms with Gasteiger partial charge in [-0.25, -0.2) is 4.98 Å². The molecule has 0 aliphatic carbocycles. The van der Waals surface area contributed by atoms with Crippen molar-refractivity contribution in [2.24, 2.45) is 0 Å². The highest BCUT2D eigenvalue weighted by atomic mass is 32.2. The zero-order valence-electron chi connectivity index (χ0n) is 15.9. The van der Waals surface area contributed by atoms with Gasteiger partial charge in [-0.3, -0.25) is 4.79 Å². The molecule has 0 saturated heterocycles. The predicted octanol–water partition coefficient (Wildman–Crippen LogP) is 5.31. The second-order valence-corrected chi connectivity index (χ2v) is 7.41. The molecule has 0 aliphatic rings. The fraction of sp³-hybridized carbons (Fsp3) is 0.273. The average Bonchev–Trinajstić information content (AvgIpc) is 2.69. The molecule has 0 unspecified atom stereocenters. The maximum Gasteiger partial charge on any atom is 0.252 e. The fourth-order valence-electron chi connectivity index (χ4n) is 2.69. The monoisotopic (exact) mass is 380 g/mol. The van der Waals surface area contributed by atoms with Crippen molar-refractivity contribution in [3.05, 3.63) is 60.2 Å². The number of pyridine rings is 1. The summed E-state index contributed by atoms with van der Waals surface area (Å²) in [5.74, 6) is 0.790. The van der Waals surface area contributed by atoms with E-state index in [1.807, 2.05) is 68.4 Å². The Bertz CT molecular complexity index is 925. The summed E-state index contributed by atoms with van der Waals surface area (Å²) in [4.78, 5) is 18.6. The van der Waals surface area contributed by atoms with E-state index in [9.17, 15) is 4.79 Å². The van der Waals surface area contributed by atoms with Crippen molar-refractivity contribution in [3.63, 3.8) is 0 Å². The Labute approximate surface area is 164 Å². The van der Waals surface area contributed by atoms with Crippen LogP contribution in [0.25, 0.3) is 10.9 Å². The molecule has 0 radical (unpaired) electrons. The molecule has 1 aromatic heterocycles. The lowest BCUT2D eigenvalue weighted by Gasteiger charge is -2.14. The molecule has 4 nitrogen and oxygen atoms in total. The van der Waals surface area contributed by atoms with Crippen LogP contribution < -0.4 is 10.1 Å². The van der Waals surface area contributed by atoms with Crippen LogP contribution in [0, 0.1) is 0 Å². The first-order valence-corrected chi connectivity index (χ1v) is 10.0. The Hall–Kier alpha value is -2.53. The van der Waals surface area contributed by atoms with Crippen molar-refractivity contribution in [3.8, 4) is 5.75 Å². The van der Waals surface area contributed by atoms with E-state index < -0.39 is 0 Å². The summed E-state index contributed by atoms with van der Waals surface area (Å²) in [5, 5.41) is 4.73. The highest BCUT2D eigenvalue weighted by Crippen LogP contribution is 2.31. The van der Waals surface area contributed by atoms with Crippen LogP contribution in [0.2, 0.25) is 0 Å². The van der Waals surface area contributed by atoms with Gasteiger partial charge in [0.1, 0.15) is 10.8 Å². The van der Waals surface area contributed by atoms with Crippen LogP contribution in [-0.2, 0) is 0 Å². The minimum absolute atomic E-state index is 0.0588. The number of hydrogen-bond acceptors (Lipinski definition) is 4. The van der Waals surface area contributed by atoms with E-state index in [2.05, 4.69) is 12.2 Å². The van der Waals surface area contributed by atoms with E-state index >= 15 is 0 Å². The molecule has 3 rings (SSSR count). The van der Waals surface area contributed by atoms with Crippen molar-refractivity contribution >= 4 is 28.6 Å². The summed E-state index contributed by atoms with van der Waals surface area (Å²) in [7, 11) is 0. The van der Waals surface area contributed by atoms with Gasteiger partial charge in [-0.15, -0.1) is 0 Å². The van der Waals surface area contributed by atoms with Gasteiger partial charge in [-0.05, 0) is 56.7 Å². The van der Waals surface area contributed by atoms with Crippen molar-refractivity contribution in [2.45, 2.75) is 43.2 Å². The largest absolute Gasteiger partial charge is 0.494 e. The van der Waals surface area contributed by atoms with Gasteiger partial charge in [0.25, 0.3) is 5.91 Å². The third-order valence-electron chi connectivity index (χ3n) is 4.28. The van der Waals surface area contributed by atoms with Crippen LogP contribution in [0.4, 0.5) is 0 Å². The van der Waals surface area contributed by atoms with Crippen LogP contribution in [0.3, 0.4) is 0 Å². The first-order valence-electron chi connectivity index (χ1n) is 9.22. The lowest BCUT2D eigenvalue weighted by Crippen LogP contribution is -2.32. The topological polar surface area (TPSA) is 51.2 Å². The molecule has 2 aromatic carbocycles. The molecule has 0 fully saturated rings. The maximum atomic E-state index is 12.8. The van der Waals surface area contributed by atoms with E-state index in [1.165, 1.54) is 11.8 Å². The zero-order valence-corrected chi connectivity index (χ0v) is 16.7. The standard InChI is InChI=1S/C22H24N2O2S/c1-4-15(3)23-22(25)19-14-21(24-20-9-7-6-8-18(19)20)27-17-12-10-16(11-13-17)26-5-2/h6-15H,4-5H2,1-3H3,(H,23,25)/t15-/m1/s1. The Kier molecular flexibility index (Phi) is 6.35. The smallest absolute Gasteiger partial charge is 0.252 e. The van der Waals surface area contributed by atoms with Gasteiger partial charge in [0.15, 0.2) is 0 Å². The fourth-order valence-corrected chi connectivity index (χ4v) is 3.52. The molecule has 140 valence electrons. The summed E-state index contributed by atoms with van der Waals surface area (Å²) in [6.07, 6.45) is 0.891. The molecule has 5 heteroatoms. The van der Waals surface area contributed by atoms with Crippen molar-refractivity contribution in [1.82, 2.24) is 10.3 Å². The molecule has 1 atom stereocenters. The lowest BCUT2D eigenvalue weighted by atomic mass is 10.1. The Morgan fingerprint density at radius 1 is 1.15 bits per heavy atom. The molecule has 1 amide bonds. The van der Waals surface area contributed by atoms with E-state index in [4.69, 9.17) is 9.72 Å². The molecule has 1 N–H and O–H groups in total. The Morgan fingerprint density at radius 2 is 1.89 bits per heavy atom. The normalized spacial score (nSPS) is 12.0. The number of hydrogen-bond donors (Lipinski definition) is 1. The molecule has 1 heterocycles. The van der Waals surface area contributed by atoms with Gasteiger partial charge in [-0.2, -0.15) is 0 Å².